The number of hydrogen-bond donors (Lipinski definition) is 0. The summed E-state index contributed by atoms with van der Waals surface area (Å²) in [5, 5.41) is 0. The number of nitrogens with zero attached hydrogens (tertiary/aromatic N) is 2. The van der Waals surface area contributed by atoms with Crippen LogP contribution >= 0.6 is 0 Å². The summed E-state index contributed by atoms with van der Waals surface area (Å²) in [4.78, 5) is 28.4. The minimum Gasteiger partial charge on any atom is -0.445 e. The minimum atomic E-state index is -0.564. The van der Waals surface area contributed by atoms with Crippen molar-refractivity contribution in [1.82, 2.24) is 9.80 Å². The van der Waals surface area contributed by atoms with Crippen LogP contribution in [0.15, 0.2) is 30.3 Å². The van der Waals surface area contributed by atoms with Crippen molar-refractivity contribution in [2.45, 2.75) is 44.9 Å². The highest BCUT2D eigenvalue weighted by molar-refractivity contribution is 5.71. The maximum absolute atomic E-state index is 12.6. The maximum atomic E-state index is 12.6. The van der Waals surface area contributed by atoms with E-state index in [0.29, 0.717) is 32.8 Å². The van der Waals surface area contributed by atoms with E-state index in [-0.39, 0.29) is 18.8 Å². The third-order valence-electron chi connectivity index (χ3n) is 4.81. The Morgan fingerprint density at radius 1 is 1.15 bits per heavy atom. The highest BCUT2D eigenvalue weighted by Gasteiger charge is 2.51. The van der Waals surface area contributed by atoms with Crippen LogP contribution in [0.3, 0.4) is 0 Å². The van der Waals surface area contributed by atoms with Crippen molar-refractivity contribution in [2.24, 2.45) is 0 Å². The number of rotatable bonds is 2. The van der Waals surface area contributed by atoms with Crippen molar-refractivity contribution < 1.29 is 23.8 Å². The second-order valence-corrected chi connectivity index (χ2v) is 8.12. The lowest BCUT2D eigenvalue weighted by atomic mass is 9.85. The molecule has 0 saturated carbocycles. The van der Waals surface area contributed by atoms with Gasteiger partial charge in [-0.05, 0) is 32.8 Å². The molecule has 27 heavy (non-hydrogen) atoms. The van der Waals surface area contributed by atoms with Crippen LogP contribution in [0.1, 0.15) is 32.8 Å². The van der Waals surface area contributed by atoms with Gasteiger partial charge in [0.15, 0.2) is 0 Å². The Morgan fingerprint density at radius 3 is 2.52 bits per heavy atom. The molecule has 1 atom stereocenters. The first-order chi connectivity index (χ1) is 12.8. The van der Waals surface area contributed by atoms with E-state index in [4.69, 9.17) is 14.2 Å². The first-order valence-corrected chi connectivity index (χ1v) is 9.33. The van der Waals surface area contributed by atoms with Crippen molar-refractivity contribution in [2.75, 3.05) is 32.8 Å². The molecule has 2 amide bonds. The van der Waals surface area contributed by atoms with Gasteiger partial charge in [0, 0.05) is 19.6 Å². The molecule has 0 radical (unpaired) electrons. The van der Waals surface area contributed by atoms with Crippen LogP contribution in [-0.4, -0.2) is 66.0 Å². The number of benzene rings is 1. The number of carbonyl (C=O) groups is 2. The zero-order valence-electron chi connectivity index (χ0n) is 16.3. The summed E-state index contributed by atoms with van der Waals surface area (Å²) in [6.45, 7) is 8.00. The first-order valence-electron chi connectivity index (χ1n) is 9.33. The molecule has 1 spiro atoms. The van der Waals surface area contributed by atoms with Gasteiger partial charge < -0.3 is 19.1 Å². The van der Waals surface area contributed by atoms with Crippen molar-refractivity contribution in [3.8, 4) is 0 Å². The maximum Gasteiger partial charge on any atom is 0.410 e. The fourth-order valence-electron chi connectivity index (χ4n) is 3.34. The molecular formula is C20H28N2O5. The van der Waals surface area contributed by atoms with Crippen molar-refractivity contribution >= 4 is 12.2 Å². The zero-order chi connectivity index (χ0) is 19.5. The van der Waals surface area contributed by atoms with Crippen LogP contribution in [0.5, 0.6) is 0 Å². The summed E-state index contributed by atoms with van der Waals surface area (Å²) in [6, 6.07) is 9.57. The lowest BCUT2D eigenvalue weighted by Crippen LogP contribution is -2.68. The molecule has 2 aliphatic rings. The van der Waals surface area contributed by atoms with Gasteiger partial charge in [0.1, 0.15) is 12.2 Å². The number of likely N-dealkylation sites (tertiary alicyclic amines) is 1. The molecule has 7 heteroatoms. The predicted molar refractivity (Wildman–Crippen MR) is 99.3 cm³/mol. The highest BCUT2D eigenvalue weighted by Crippen LogP contribution is 2.34. The lowest BCUT2D eigenvalue weighted by Gasteiger charge is -2.51. The molecule has 0 aromatic heterocycles. The minimum absolute atomic E-state index is 0.225. The second-order valence-electron chi connectivity index (χ2n) is 8.12. The van der Waals surface area contributed by atoms with Crippen molar-refractivity contribution in [1.29, 1.82) is 0 Å². The van der Waals surface area contributed by atoms with Crippen molar-refractivity contribution in [3.63, 3.8) is 0 Å². The topological polar surface area (TPSA) is 68.3 Å². The van der Waals surface area contributed by atoms with E-state index in [1.54, 1.807) is 9.80 Å². The zero-order valence-corrected chi connectivity index (χ0v) is 16.3. The summed E-state index contributed by atoms with van der Waals surface area (Å²) in [5.41, 5.74) is -0.167. The molecule has 7 nitrogen and oxygen atoms in total. The molecule has 2 aliphatic heterocycles. The smallest absolute Gasteiger partial charge is 0.410 e. The molecule has 2 heterocycles. The van der Waals surface area contributed by atoms with Crippen LogP contribution in [0.4, 0.5) is 9.59 Å². The van der Waals surface area contributed by atoms with E-state index in [1.807, 2.05) is 51.1 Å². The molecule has 0 bridgehead atoms. The Kier molecular flexibility index (Phi) is 5.60. The Balaban J connectivity index is 1.63. The summed E-state index contributed by atoms with van der Waals surface area (Å²) in [5.74, 6) is 0. The highest BCUT2D eigenvalue weighted by atomic mass is 16.6. The second kappa shape index (κ2) is 7.76. The van der Waals surface area contributed by atoms with Crippen molar-refractivity contribution in [3.05, 3.63) is 35.9 Å². The predicted octanol–water partition coefficient (Wildman–Crippen LogP) is 3.04. The average molecular weight is 376 g/mol. The Hall–Kier alpha value is -2.28. The van der Waals surface area contributed by atoms with Gasteiger partial charge in [-0.2, -0.15) is 0 Å². The third kappa shape index (κ3) is 4.71. The van der Waals surface area contributed by atoms with Crippen LogP contribution in [0.2, 0.25) is 0 Å². The van der Waals surface area contributed by atoms with E-state index in [1.165, 1.54) is 0 Å². The molecule has 2 saturated heterocycles. The van der Waals surface area contributed by atoms with Crippen LogP contribution in [0, 0.1) is 0 Å². The largest absolute Gasteiger partial charge is 0.445 e. The quantitative estimate of drug-likeness (QED) is 0.794. The number of hydrogen-bond acceptors (Lipinski definition) is 5. The molecule has 2 fully saturated rings. The molecule has 0 aliphatic carbocycles. The Labute approximate surface area is 160 Å². The van der Waals surface area contributed by atoms with Gasteiger partial charge in [-0.1, -0.05) is 30.3 Å². The number of ether oxygens (including phenoxy) is 3. The SMILES string of the molecule is CC(C)(C)OC(=O)N1CCOCC2(CCN2C(=O)OCc2ccccc2)C1. The van der Waals surface area contributed by atoms with E-state index in [9.17, 15) is 9.59 Å². The average Bonchev–Trinajstić information content (AvgIpc) is 2.83. The lowest BCUT2D eigenvalue weighted by molar-refractivity contribution is -0.0628. The molecule has 1 aromatic rings. The monoisotopic (exact) mass is 376 g/mol. The van der Waals surface area contributed by atoms with Gasteiger partial charge in [-0.25, -0.2) is 9.59 Å². The van der Waals surface area contributed by atoms with E-state index in [2.05, 4.69) is 0 Å². The fraction of sp³-hybridized carbons (Fsp3) is 0.600. The molecule has 1 unspecified atom stereocenters. The Bertz CT molecular complexity index is 673. The number of carbonyl (C=O) groups excluding carboxylic acids is 2. The summed E-state index contributed by atoms with van der Waals surface area (Å²) in [7, 11) is 0. The van der Waals surface area contributed by atoms with Gasteiger partial charge in [0.25, 0.3) is 0 Å². The molecule has 3 rings (SSSR count). The first kappa shape index (κ1) is 19.5. The van der Waals surface area contributed by atoms with E-state index in [0.717, 1.165) is 12.0 Å². The van der Waals surface area contributed by atoms with Crippen LogP contribution < -0.4 is 0 Å². The van der Waals surface area contributed by atoms with Gasteiger partial charge in [-0.15, -0.1) is 0 Å². The fourth-order valence-corrected chi connectivity index (χ4v) is 3.34. The summed E-state index contributed by atoms with van der Waals surface area (Å²) < 4.78 is 16.7. The van der Waals surface area contributed by atoms with E-state index >= 15 is 0 Å². The van der Waals surface area contributed by atoms with Gasteiger partial charge in [0.2, 0.25) is 0 Å². The molecule has 148 valence electrons. The normalized spacial score (nSPS) is 22.8. The van der Waals surface area contributed by atoms with Gasteiger partial charge >= 0.3 is 12.2 Å². The van der Waals surface area contributed by atoms with Crippen LogP contribution in [0.25, 0.3) is 0 Å². The number of amides is 2. The molecule has 1 aromatic carbocycles. The summed E-state index contributed by atoms with van der Waals surface area (Å²) >= 11 is 0. The van der Waals surface area contributed by atoms with Gasteiger partial charge in [0.05, 0.1) is 18.8 Å². The standard InChI is InChI=1S/C20H28N2O5/c1-19(2,3)27-17(23)21-11-12-25-15-20(14-21)9-10-22(20)18(24)26-13-16-7-5-4-6-8-16/h4-8H,9-15H2,1-3H3. The third-order valence-corrected chi connectivity index (χ3v) is 4.81. The molecule has 0 N–H and O–H groups in total. The van der Waals surface area contributed by atoms with Crippen LogP contribution in [-0.2, 0) is 20.8 Å². The van der Waals surface area contributed by atoms with Gasteiger partial charge in [-0.3, -0.25) is 4.90 Å². The molecular weight excluding hydrogens is 348 g/mol. The Morgan fingerprint density at radius 2 is 1.89 bits per heavy atom. The van der Waals surface area contributed by atoms with E-state index < -0.39 is 11.1 Å². The summed E-state index contributed by atoms with van der Waals surface area (Å²) in [6.07, 6.45) is 0.0174.